The predicted molar refractivity (Wildman–Crippen MR) is 118 cm³/mol. The van der Waals surface area contributed by atoms with E-state index in [1.54, 1.807) is 25.1 Å². The van der Waals surface area contributed by atoms with E-state index in [1.807, 2.05) is 51.1 Å². The van der Waals surface area contributed by atoms with E-state index in [2.05, 4.69) is 0 Å². The van der Waals surface area contributed by atoms with Crippen LogP contribution in [0.2, 0.25) is 0 Å². The van der Waals surface area contributed by atoms with Crippen molar-refractivity contribution in [3.05, 3.63) is 65.7 Å². The summed E-state index contributed by atoms with van der Waals surface area (Å²) >= 11 is 0. The predicted octanol–water partition coefficient (Wildman–Crippen LogP) is 4.53. The molecule has 0 saturated heterocycles. The lowest BCUT2D eigenvalue weighted by Crippen LogP contribution is -2.22. The molecule has 0 radical (unpaired) electrons. The zero-order valence-electron chi connectivity index (χ0n) is 18.2. The summed E-state index contributed by atoms with van der Waals surface area (Å²) in [6, 6.07) is 14.0. The van der Waals surface area contributed by atoms with Crippen molar-refractivity contribution in [3.63, 3.8) is 0 Å². The maximum atomic E-state index is 12.3. The van der Waals surface area contributed by atoms with Crippen molar-refractivity contribution in [2.75, 3.05) is 13.2 Å². The molecular weight excluding hydrogens is 420 g/mol. The molecule has 31 heavy (non-hydrogen) atoms. The van der Waals surface area contributed by atoms with Gasteiger partial charge in [0, 0.05) is 6.08 Å². The Kier molecular flexibility index (Phi) is 8.65. The monoisotopic (exact) mass is 448 g/mol. The Morgan fingerprint density at radius 2 is 1.74 bits per heavy atom. The molecule has 2 aromatic rings. The summed E-state index contributed by atoms with van der Waals surface area (Å²) in [5.41, 5.74) is 1.15. The molecule has 0 fully saturated rings. The molecule has 7 nitrogen and oxygen atoms in total. The van der Waals surface area contributed by atoms with Gasteiger partial charge >= 0.3 is 16.4 Å². The fraction of sp³-hybridized carbons (Fsp3) is 0.348. The van der Waals surface area contributed by atoms with E-state index >= 15 is 0 Å². The van der Waals surface area contributed by atoms with Crippen molar-refractivity contribution < 1.29 is 31.1 Å². The number of hydrogen-bond acceptors (Lipinski definition) is 7. The third-order valence-corrected chi connectivity index (χ3v) is 4.52. The summed E-state index contributed by atoms with van der Waals surface area (Å²) in [5, 5.41) is 0. The SMILES string of the molecule is CCOC(=O)/C=C/c1ccc(OS(=O)(=O)OCC(C)(C)C)c(OCc2ccccc2)c1. The van der Waals surface area contributed by atoms with Crippen LogP contribution in [0.25, 0.3) is 6.08 Å². The average Bonchev–Trinajstić information content (AvgIpc) is 2.71. The lowest BCUT2D eigenvalue weighted by Gasteiger charge is -2.18. The van der Waals surface area contributed by atoms with Crippen molar-refractivity contribution in [3.8, 4) is 11.5 Å². The maximum Gasteiger partial charge on any atom is 0.449 e. The summed E-state index contributed by atoms with van der Waals surface area (Å²) in [6.07, 6.45) is 2.82. The zero-order valence-corrected chi connectivity index (χ0v) is 19.0. The van der Waals surface area contributed by atoms with E-state index < -0.39 is 16.4 Å². The van der Waals surface area contributed by atoms with Gasteiger partial charge in [-0.05, 0) is 41.7 Å². The van der Waals surface area contributed by atoms with E-state index in [9.17, 15) is 13.2 Å². The second kappa shape index (κ2) is 11.0. The first-order valence-electron chi connectivity index (χ1n) is 9.82. The largest absolute Gasteiger partial charge is 0.485 e. The summed E-state index contributed by atoms with van der Waals surface area (Å²) in [7, 11) is -4.29. The Morgan fingerprint density at radius 1 is 1.03 bits per heavy atom. The Hall–Kier alpha value is -2.84. The third kappa shape index (κ3) is 9.23. The molecule has 0 aromatic heterocycles. The molecular formula is C23H28O7S. The van der Waals surface area contributed by atoms with Gasteiger partial charge in [0.15, 0.2) is 11.5 Å². The van der Waals surface area contributed by atoms with Crippen LogP contribution in [0.1, 0.15) is 38.8 Å². The first-order chi connectivity index (χ1) is 14.6. The highest BCUT2D eigenvalue weighted by atomic mass is 32.3. The summed E-state index contributed by atoms with van der Waals surface area (Å²) < 4.78 is 45.3. The highest BCUT2D eigenvalue weighted by Crippen LogP contribution is 2.31. The molecule has 0 aliphatic rings. The lowest BCUT2D eigenvalue weighted by atomic mass is 9.99. The minimum absolute atomic E-state index is 0.0156. The molecule has 0 amide bonds. The van der Waals surface area contributed by atoms with E-state index in [1.165, 1.54) is 12.1 Å². The minimum atomic E-state index is -4.29. The number of carbonyl (C=O) groups is 1. The first kappa shape index (κ1) is 24.4. The van der Waals surface area contributed by atoms with Crippen LogP contribution in [0.3, 0.4) is 0 Å². The van der Waals surface area contributed by atoms with Gasteiger partial charge < -0.3 is 13.7 Å². The lowest BCUT2D eigenvalue weighted by molar-refractivity contribution is -0.137. The highest BCUT2D eigenvalue weighted by molar-refractivity contribution is 7.82. The van der Waals surface area contributed by atoms with Crippen molar-refractivity contribution >= 4 is 22.4 Å². The van der Waals surface area contributed by atoms with Crippen LogP contribution in [0.4, 0.5) is 0 Å². The molecule has 2 rings (SSSR count). The Morgan fingerprint density at radius 3 is 2.39 bits per heavy atom. The Labute approximate surface area is 183 Å². The molecule has 2 aromatic carbocycles. The number of ether oxygens (including phenoxy) is 2. The average molecular weight is 449 g/mol. The molecule has 8 heteroatoms. The Bertz CT molecular complexity index is 990. The van der Waals surface area contributed by atoms with Crippen LogP contribution in [0, 0.1) is 5.41 Å². The molecule has 168 valence electrons. The number of hydrogen-bond donors (Lipinski definition) is 0. The quantitative estimate of drug-likeness (QED) is 0.390. The molecule has 0 bridgehead atoms. The van der Waals surface area contributed by atoms with Crippen LogP contribution in [0.5, 0.6) is 11.5 Å². The van der Waals surface area contributed by atoms with Crippen molar-refractivity contribution in [2.24, 2.45) is 5.41 Å². The molecule has 0 heterocycles. The second-order valence-corrected chi connectivity index (χ2v) is 9.10. The van der Waals surface area contributed by atoms with Crippen LogP contribution in [0.15, 0.2) is 54.6 Å². The number of benzene rings is 2. The van der Waals surface area contributed by atoms with E-state index in [4.69, 9.17) is 17.8 Å². The van der Waals surface area contributed by atoms with E-state index in [-0.39, 0.29) is 36.7 Å². The number of rotatable bonds is 10. The summed E-state index contributed by atoms with van der Waals surface area (Å²) in [6.45, 7) is 7.70. The van der Waals surface area contributed by atoms with Crippen molar-refractivity contribution in [1.29, 1.82) is 0 Å². The van der Waals surface area contributed by atoms with Crippen LogP contribution in [-0.2, 0) is 30.7 Å². The topological polar surface area (TPSA) is 88.1 Å². The van der Waals surface area contributed by atoms with Gasteiger partial charge in [-0.2, -0.15) is 8.42 Å². The standard InChI is InChI=1S/C23H28O7S/c1-5-27-22(24)14-12-18-11-13-20(30-31(25,26)29-17-23(2,3)4)21(15-18)28-16-19-9-7-6-8-10-19/h6-15H,5,16-17H2,1-4H3/b14-12+. The fourth-order valence-electron chi connectivity index (χ4n) is 2.28. The molecule has 0 unspecified atom stereocenters. The smallest absolute Gasteiger partial charge is 0.449 e. The normalized spacial score (nSPS) is 12.0. The Balaban J connectivity index is 2.24. The van der Waals surface area contributed by atoms with Crippen molar-refractivity contribution in [1.82, 2.24) is 0 Å². The van der Waals surface area contributed by atoms with Gasteiger partial charge in [0.25, 0.3) is 0 Å². The van der Waals surface area contributed by atoms with E-state index in [0.717, 1.165) is 5.56 Å². The van der Waals surface area contributed by atoms with Gasteiger partial charge in [-0.25, -0.2) is 8.98 Å². The second-order valence-electron chi connectivity index (χ2n) is 7.88. The molecule has 0 aliphatic carbocycles. The number of esters is 1. The zero-order chi connectivity index (χ0) is 22.9. The molecule has 0 N–H and O–H groups in total. The van der Waals surface area contributed by atoms with Crippen LogP contribution < -0.4 is 8.92 Å². The van der Waals surface area contributed by atoms with Gasteiger partial charge in [0.2, 0.25) is 0 Å². The van der Waals surface area contributed by atoms with E-state index in [0.29, 0.717) is 5.56 Å². The molecule has 0 saturated carbocycles. The van der Waals surface area contributed by atoms with Gasteiger partial charge in [0.05, 0.1) is 13.2 Å². The fourth-order valence-corrected chi connectivity index (χ4v) is 3.19. The van der Waals surface area contributed by atoms with Crippen LogP contribution in [-0.4, -0.2) is 27.6 Å². The maximum absolute atomic E-state index is 12.3. The summed E-state index contributed by atoms with van der Waals surface area (Å²) in [4.78, 5) is 11.6. The van der Waals surface area contributed by atoms with Crippen LogP contribution >= 0.6 is 0 Å². The van der Waals surface area contributed by atoms with Gasteiger partial charge in [-0.15, -0.1) is 0 Å². The minimum Gasteiger partial charge on any atom is -0.485 e. The van der Waals surface area contributed by atoms with Gasteiger partial charge in [-0.3, -0.25) is 0 Å². The summed E-state index contributed by atoms with van der Waals surface area (Å²) in [5.74, 6) is -0.302. The molecule has 0 aliphatic heterocycles. The molecule has 0 spiro atoms. The highest BCUT2D eigenvalue weighted by Gasteiger charge is 2.21. The van der Waals surface area contributed by atoms with Crippen molar-refractivity contribution in [2.45, 2.75) is 34.3 Å². The molecule has 0 atom stereocenters. The first-order valence-corrected chi connectivity index (χ1v) is 11.2. The van der Waals surface area contributed by atoms with Gasteiger partial charge in [-0.1, -0.05) is 57.2 Å². The number of carbonyl (C=O) groups excluding carboxylic acids is 1. The van der Waals surface area contributed by atoms with Gasteiger partial charge in [0.1, 0.15) is 6.61 Å². The third-order valence-electron chi connectivity index (χ3n) is 3.73.